The summed E-state index contributed by atoms with van der Waals surface area (Å²) in [5.74, 6) is -2.76. The second-order valence-electron chi connectivity index (χ2n) is 14.7. The molecule has 0 spiro atoms. The van der Waals surface area contributed by atoms with Crippen LogP contribution in [-0.2, 0) is 24.0 Å². The second-order valence-corrected chi connectivity index (χ2v) is 14.7. The summed E-state index contributed by atoms with van der Waals surface area (Å²) in [6, 6.07) is -2.67. The van der Waals surface area contributed by atoms with E-state index >= 15 is 0 Å². The van der Waals surface area contributed by atoms with E-state index in [0.29, 0.717) is 25.3 Å². The molecule has 1 heterocycles. The third-order valence-electron chi connectivity index (χ3n) is 9.35. The van der Waals surface area contributed by atoms with Crippen LogP contribution >= 0.6 is 0 Å². The van der Waals surface area contributed by atoms with Crippen LogP contribution in [0.3, 0.4) is 0 Å². The minimum absolute atomic E-state index is 0.0325. The topological polar surface area (TPSA) is 180 Å². The van der Waals surface area contributed by atoms with Gasteiger partial charge >= 0.3 is 0 Å². The molecule has 4 N–H and O–H groups in total. The van der Waals surface area contributed by atoms with Crippen molar-refractivity contribution in [2.75, 3.05) is 13.1 Å². The van der Waals surface area contributed by atoms with Crippen LogP contribution in [0.1, 0.15) is 115 Å². The highest BCUT2D eigenvalue weighted by Gasteiger charge is 2.41. The van der Waals surface area contributed by atoms with Gasteiger partial charge in [0.15, 0.2) is 0 Å². The molecule has 0 aromatic carbocycles. The lowest BCUT2D eigenvalue weighted by Gasteiger charge is -2.37. The van der Waals surface area contributed by atoms with Gasteiger partial charge in [0, 0.05) is 37.9 Å². The summed E-state index contributed by atoms with van der Waals surface area (Å²) in [4.78, 5) is 89.3. The zero-order chi connectivity index (χ0) is 34.8. The molecule has 3 aliphatic rings. The standard InChI is InChI=1S/C35H53N7O6/c1-5-9-25(29(44)33(47)38-24-14-15-24)39-27(43)16-19-42(21-22-12-13-22)34(48)30(35(2,3)4)41-32(46)28(23-10-7-6-8-11-23)40-31(45)26-20-36-17-18-37-26/h17-18,20,22-25,28,30H,5-16,19,21H2,1-4H3,(H,38,47)(H,39,43)(H,40,45)(H,41,46)/t25-,28-,30?/m0/s1. The molecule has 4 rings (SSSR count). The molecule has 264 valence electrons. The molecule has 5 amide bonds. The number of ketones is 1. The molecule has 0 saturated heterocycles. The van der Waals surface area contributed by atoms with Crippen LogP contribution in [0.4, 0.5) is 0 Å². The largest absolute Gasteiger partial charge is 0.347 e. The van der Waals surface area contributed by atoms with Gasteiger partial charge in [0.25, 0.3) is 11.8 Å². The summed E-state index contributed by atoms with van der Waals surface area (Å²) in [6.07, 6.45) is 13.3. The SMILES string of the molecule is CCC[C@H](NC(=O)CCN(CC1CC1)C(=O)C(NC(=O)[C@@H](NC(=O)c1cnccn1)C1CCCCC1)C(C)(C)C)C(=O)C(=O)NC1CC1. The van der Waals surface area contributed by atoms with Crippen LogP contribution < -0.4 is 21.3 Å². The molecule has 13 heteroatoms. The van der Waals surface area contributed by atoms with Crippen LogP contribution in [0.15, 0.2) is 18.6 Å². The van der Waals surface area contributed by atoms with Gasteiger partial charge in [-0.2, -0.15) is 0 Å². The van der Waals surface area contributed by atoms with Crippen molar-refractivity contribution in [1.82, 2.24) is 36.1 Å². The number of nitrogens with one attached hydrogen (secondary N) is 4. The number of Topliss-reactive ketones (excluding diaryl/α,β-unsaturated/α-hetero) is 1. The fourth-order valence-corrected chi connectivity index (χ4v) is 6.17. The fourth-order valence-electron chi connectivity index (χ4n) is 6.17. The minimum Gasteiger partial charge on any atom is -0.347 e. The van der Waals surface area contributed by atoms with Gasteiger partial charge in [0.05, 0.1) is 12.2 Å². The van der Waals surface area contributed by atoms with Crippen molar-refractivity contribution in [3.05, 3.63) is 24.3 Å². The quantitative estimate of drug-likeness (QED) is 0.183. The van der Waals surface area contributed by atoms with E-state index in [9.17, 15) is 28.8 Å². The number of hydrogen-bond acceptors (Lipinski definition) is 8. The monoisotopic (exact) mass is 667 g/mol. The molecule has 3 aliphatic carbocycles. The molecule has 1 aromatic heterocycles. The number of nitrogens with zero attached hydrogens (tertiary/aromatic N) is 3. The summed E-state index contributed by atoms with van der Waals surface area (Å²) in [5.41, 5.74) is -0.578. The number of aromatic nitrogens is 2. The second kappa shape index (κ2) is 17.0. The van der Waals surface area contributed by atoms with E-state index in [2.05, 4.69) is 31.2 Å². The number of hydrogen-bond donors (Lipinski definition) is 4. The number of carbonyl (C=O) groups is 6. The Bertz CT molecular complexity index is 1300. The molecule has 3 fully saturated rings. The van der Waals surface area contributed by atoms with Crippen LogP contribution in [0.5, 0.6) is 0 Å². The zero-order valence-corrected chi connectivity index (χ0v) is 28.9. The van der Waals surface area contributed by atoms with Gasteiger partial charge in [0.1, 0.15) is 17.8 Å². The Hall–Kier alpha value is -3.90. The fraction of sp³-hybridized carbons (Fsp3) is 0.714. The van der Waals surface area contributed by atoms with E-state index in [1.807, 2.05) is 27.7 Å². The first-order chi connectivity index (χ1) is 22.9. The Morgan fingerprint density at radius 2 is 1.62 bits per heavy atom. The number of amides is 5. The van der Waals surface area contributed by atoms with Crippen molar-refractivity contribution in [3.63, 3.8) is 0 Å². The molecular formula is C35H53N7O6. The maximum absolute atomic E-state index is 14.2. The smallest absolute Gasteiger partial charge is 0.289 e. The van der Waals surface area contributed by atoms with E-state index in [0.717, 1.165) is 57.8 Å². The Balaban J connectivity index is 1.44. The molecule has 1 aromatic rings. The van der Waals surface area contributed by atoms with Crippen LogP contribution in [0.25, 0.3) is 0 Å². The summed E-state index contributed by atoms with van der Waals surface area (Å²) in [6.45, 7) is 8.05. The maximum Gasteiger partial charge on any atom is 0.289 e. The van der Waals surface area contributed by atoms with E-state index < -0.39 is 53.0 Å². The van der Waals surface area contributed by atoms with E-state index in [-0.39, 0.29) is 36.5 Å². The lowest BCUT2D eigenvalue weighted by molar-refractivity contribution is -0.141. The highest BCUT2D eigenvalue weighted by atomic mass is 16.2. The molecule has 0 bridgehead atoms. The van der Waals surface area contributed by atoms with E-state index in [4.69, 9.17) is 0 Å². The maximum atomic E-state index is 14.2. The van der Waals surface area contributed by atoms with Crippen molar-refractivity contribution in [3.8, 4) is 0 Å². The van der Waals surface area contributed by atoms with Gasteiger partial charge in [-0.3, -0.25) is 33.8 Å². The third-order valence-corrected chi connectivity index (χ3v) is 9.35. The normalized spacial score (nSPS) is 18.5. The highest BCUT2D eigenvalue weighted by molar-refractivity contribution is 6.38. The zero-order valence-electron chi connectivity index (χ0n) is 28.9. The molecule has 0 radical (unpaired) electrons. The highest BCUT2D eigenvalue weighted by Crippen LogP contribution is 2.32. The molecule has 48 heavy (non-hydrogen) atoms. The van der Waals surface area contributed by atoms with Crippen LogP contribution in [0.2, 0.25) is 0 Å². The molecule has 3 saturated carbocycles. The Morgan fingerprint density at radius 3 is 2.21 bits per heavy atom. The predicted octanol–water partition coefficient (Wildman–Crippen LogP) is 2.45. The first kappa shape index (κ1) is 36.9. The Labute approximate surface area is 283 Å². The summed E-state index contributed by atoms with van der Waals surface area (Å²) >= 11 is 0. The van der Waals surface area contributed by atoms with E-state index in [1.165, 1.54) is 18.6 Å². The van der Waals surface area contributed by atoms with Crippen molar-refractivity contribution in [2.45, 2.75) is 129 Å². The first-order valence-electron chi connectivity index (χ1n) is 17.7. The molecule has 13 nitrogen and oxygen atoms in total. The molecule has 0 aliphatic heterocycles. The average Bonchev–Trinajstić information content (AvgIpc) is 4.01. The third kappa shape index (κ3) is 11.1. The first-order valence-corrected chi connectivity index (χ1v) is 17.7. The van der Waals surface area contributed by atoms with Gasteiger partial charge in [-0.25, -0.2) is 4.98 Å². The van der Waals surface area contributed by atoms with Crippen LogP contribution in [-0.4, -0.2) is 87.4 Å². The molecular weight excluding hydrogens is 614 g/mol. The van der Waals surface area contributed by atoms with Crippen molar-refractivity contribution < 1.29 is 28.8 Å². The van der Waals surface area contributed by atoms with Gasteiger partial charge < -0.3 is 26.2 Å². The summed E-state index contributed by atoms with van der Waals surface area (Å²) in [5, 5.41) is 11.3. The predicted molar refractivity (Wildman–Crippen MR) is 178 cm³/mol. The Morgan fingerprint density at radius 1 is 0.917 bits per heavy atom. The van der Waals surface area contributed by atoms with Crippen molar-refractivity contribution >= 4 is 35.3 Å². The van der Waals surface area contributed by atoms with Gasteiger partial charge in [-0.15, -0.1) is 0 Å². The molecule has 1 unspecified atom stereocenters. The van der Waals surface area contributed by atoms with Gasteiger partial charge in [0.2, 0.25) is 23.5 Å². The lowest BCUT2D eigenvalue weighted by Crippen LogP contribution is -2.60. The molecule has 3 atom stereocenters. The van der Waals surface area contributed by atoms with Crippen LogP contribution in [0, 0.1) is 17.3 Å². The summed E-state index contributed by atoms with van der Waals surface area (Å²) in [7, 11) is 0. The lowest BCUT2D eigenvalue weighted by atomic mass is 9.82. The number of carbonyl (C=O) groups excluding carboxylic acids is 6. The van der Waals surface area contributed by atoms with Gasteiger partial charge in [-0.1, -0.05) is 53.4 Å². The Kier molecular flexibility index (Phi) is 13.1. The van der Waals surface area contributed by atoms with E-state index in [1.54, 1.807) is 4.90 Å². The number of rotatable bonds is 17. The minimum atomic E-state index is -0.927. The van der Waals surface area contributed by atoms with Crippen molar-refractivity contribution in [1.29, 1.82) is 0 Å². The average molecular weight is 668 g/mol. The van der Waals surface area contributed by atoms with Gasteiger partial charge in [-0.05, 0) is 62.2 Å². The summed E-state index contributed by atoms with van der Waals surface area (Å²) < 4.78 is 0. The van der Waals surface area contributed by atoms with Crippen molar-refractivity contribution in [2.24, 2.45) is 17.3 Å².